The summed E-state index contributed by atoms with van der Waals surface area (Å²) in [5, 5.41) is 9.12. The van der Waals surface area contributed by atoms with Gasteiger partial charge < -0.3 is 10.0 Å². The van der Waals surface area contributed by atoms with E-state index >= 15 is 4.39 Å². The smallest absolute Gasteiger partial charge is 0.341 e. The van der Waals surface area contributed by atoms with E-state index in [2.05, 4.69) is 9.97 Å². The summed E-state index contributed by atoms with van der Waals surface area (Å²) in [5.41, 5.74) is -1.00. The predicted octanol–water partition coefficient (Wildman–Crippen LogP) is 3.89. The molecule has 3 aromatic heterocycles. The van der Waals surface area contributed by atoms with Crippen molar-refractivity contribution in [2.45, 2.75) is 12.3 Å². The molecular formula is C24H17F3N4O3. The van der Waals surface area contributed by atoms with Crippen LogP contribution < -0.4 is 10.3 Å². The number of benzene rings is 1. The third-order valence-electron chi connectivity index (χ3n) is 5.96. The summed E-state index contributed by atoms with van der Waals surface area (Å²) in [7, 11) is 0. The highest BCUT2D eigenvalue weighted by atomic mass is 19.1. The van der Waals surface area contributed by atoms with Gasteiger partial charge in [-0.2, -0.15) is 0 Å². The number of aromatic nitrogens is 3. The third kappa shape index (κ3) is 3.66. The number of carboxylic acids is 1. The van der Waals surface area contributed by atoms with Gasteiger partial charge >= 0.3 is 5.97 Å². The molecule has 1 unspecified atom stereocenters. The molecule has 10 heteroatoms. The summed E-state index contributed by atoms with van der Waals surface area (Å²) in [5.74, 6) is -4.14. The zero-order valence-electron chi connectivity index (χ0n) is 17.6. The molecular weight excluding hydrogens is 449 g/mol. The number of carbonyl (C=O) groups is 1. The van der Waals surface area contributed by atoms with Crippen LogP contribution in [0.3, 0.4) is 0 Å². The second kappa shape index (κ2) is 8.29. The molecule has 172 valence electrons. The van der Waals surface area contributed by atoms with Crippen LogP contribution >= 0.6 is 0 Å². The average molecular weight is 466 g/mol. The molecule has 1 saturated heterocycles. The molecule has 1 aliphatic heterocycles. The number of rotatable bonds is 4. The molecule has 34 heavy (non-hydrogen) atoms. The molecule has 1 aliphatic rings. The summed E-state index contributed by atoms with van der Waals surface area (Å²) in [6, 6.07) is 7.40. The van der Waals surface area contributed by atoms with E-state index < -0.39 is 34.4 Å². The van der Waals surface area contributed by atoms with Gasteiger partial charge in [0, 0.05) is 43.7 Å². The molecule has 0 aliphatic carbocycles. The van der Waals surface area contributed by atoms with Gasteiger partial charge in [0.25, 0.3) is 0 Å². The number of halogens is 3. The van der Waals surface area contributed by atoms with E-state index in [1.807, 2.05) is 12.1 Å². The minimum Gasteiger partial charge on any atom is -0.477 e. The van der Waals surface area contributed by atoms with E-state index in [4.69, 9.17) is 0 Å². The molecule has 5 rings (SSSR count). The molecule has 0 radical (unpaired) electrons. The second-order valence-corrected chi connectivity index (χ2v) is 8.03. The molecule has 4 aromatic rings. The Morgan fingerprint density at radius 1 is 1.12 bits per heavy atom. The Balaban J connectivity index is 1.68. The monoisotopic (exact) mass is 466 g/mol. The highest BCUT2D eigenvalue weighted by Gasteiger charge is 2.28. The van der Waals surface area contributed by atoms with Crippen molar-refractivity contribution < 1.29 is 23.1 Å². The fraction of sp³-hybridized carbons (Fsp3) is 0.167. The highest BCUT2D eigenvalue weighted by molar-refractivity contribution is 5.92. The van der Waals surface area contributed by atoms with Crippen LogP contribution in [0.25, 0.3) is 16.7 Å². The average Bonchev–Trinajstić information content (AvgIpc) is 3.30. The Morgan fingerprint density at radius 2 is 1.94 bits per heavy atom. The lowest BCUT2D eigenvalue weighted by Crippen LogP contribution is -2.24. The lowest BCUT2D eigenvalue weighted by Gasteiger charge is -2.20. The maximum Gasteiger partial charge on any atom is 0.341 e. The molecule has 0 saturated carbocycles. The summed E-state index contributed by atoms with van der Waals surface area (Å²) in [6.45, 7) is 0.931. The van der Waals surface area contributed by atoms with Crippen LogP contribution in [0, 0.1) is 17.5 Å². The van der Waals surface area contributed by atoms with Gasteiger partial charge in [0.1, 0.15) is 17.2 Å². The first-order chi connectivity index (χ1) is 16.3. The van der Waals surface area contributed by atoms with Gasteiger partial charge in [-0.25, -0.2) is 22.9 Å². The summed E-state index contributed by atoms with van der Waals surface area (Å²) in [6.07, 6.45) is 5.06. The normalized spacial score (nSPS) is 15.7. The van der Waals surface area contributed by atoms with E-state index in [1.165, 1.54) is 0 Å². The molecule has 0 amide bonds. The highest BCUT2D eigenvalue weighted by Crippen LogP contribution is 2.32. The summed E-state index contributed by atoms with van der Waals surface area (Å²) >= 11 is 0. The van der Waals surface area contributed by atoms with Crippen LogP contribution in [0.5, 0.6) is 0 Å². The lowest BCUT2D eigenvalue weighted by atomic mass is 10.0. The maximum atomic E-state index is 15.1. The van der Waals surface area contributed by atoms with E-state index in [9.17, 15) is 23.5 Å². The topological polar surface area (TPSA) is 88.3 Å². The van der Waals surface area contributed by atoms with Gasteiger partial charge in [-0.3, -0.25) is 14.3 Å². The fourth-order valence-corrected chi connectivity index (χ4v) is 4.29. The molecule has 1 fully saturated rings. The first-order valence-corrected chi connectivity index (χ1v) is 10.4. The number of nitrogens with zero attached hydrogens (tertiary/aromatic N) is 4. The Morgan fingerprint density at radius 3 is 2.65 bits per heavy atom. The van der Waals surface area contributed by atoms with Crippen molar-refractivity contribution in [3.8, 4) is 5.69 Å². The minimum absolute atomic E-state index is 0.0439. The van der Waals surface area contributed by atoms with Crippen molar-refractivity contribution in [1.29, 1.82) is 0 Å². The number of fused-ring (bicyclic) bond motifs is 1. The van der Waals surface area contributed by atoms with Crippen LogP contribution in [-0.4, -0.2) is 38.7 Å². The number of pyridine rings is 3. The molecule has 7 nitrogen and oxygen atoms in total. The number of carboxylic acid groups (broad SMARTS) is 1. The summed E-state index contributed by atoms with van der Waals surface area (Å²) in [4.78, 5) is 34.5. The molecule has 1 atom stereocenters. The zero-order chi connectivity index (χ0) is 24.0. The molecule has 1 N–H and O–H groups in total. The van der Waals surface area contributed by atoms with Crippen molar-refractivity contribution in [3.05, 3.63) is 93.8 Å². The van der Waals surface area contributed by atoms with Crippen LogP contribution in [0.4, 0.5) is 19.0 Å². The SMILES string of the molecule is O=C(O)c1cn(-c2ccc(F)cc2F)c2nc(N3CCC(c4cccnc4)C3)c(F)cc2c1=O. The first kappa shape index (κ1) is 21.6. The van der Waals surface area contributed by atoms with Crippen molar-refractivity contribution in [3.63, 3.8) is 0 Å². The van der Waals surface area contributed by atoms with Crippen molar-refractivity contribution in [1.82, 2.24) is 14.5 Å². The Labute approximate surface area is 190 Å². The van der Waals surface area contributed by atoms with E-state index in [1.54, 1.807) is 17.3 Å². The van der Waals surface area contributed by atoms with Crippen molar-refractivity contribution in [2.75, 3.05) is 18.0 Å². The van der Waals surface area contributed by atoms with Crippen LogP contribution in [-0.2, 0) is 0 Å². The number of anilines is 1. The van der Waals surface area contributed by atoms with E-state index in [0.29, 0.717) is 19.2 Å². The van der Waals surface area contributed by atoms with Gasteiger partial charge in [-0.05, 0) is 36.2 Å². The van der Waals surface area contributed by atoms with Crippen molar-refractivity contribution >= 4 is 22.8 Å². The van der Waals surface area contributed by atoms with E-state index in [-0.39, 0.29) is 28.5 Å². The van der Waals surface area contributed by atoms with Gasteiger partial charge in [0.15, 0.2) is 17.3 Å². The number of aromatic carboxylic acids is 1. The predicted molar refractivity (Wildman–Crippen MR) is 118 cm³/mol. The number of hydrogen-bond donors (Lipinski definition) is 1. The van der Waals surface area contributed by atoms with Crippen LogP contribution in [0.15, 0.2) is 59.8 Å². The van der Waals surface area contributed by atoms with Crippen LogP contribution in [0.1, 0.15) is 28.3 Å². The third-order valence-corrected chi connectivity index (χ3v) is 5.96. The first-order valence-electron chi connectivity index (χ1n) is 10.4. The Bertz CT molecular complexity index is 1490. The van der Waals surface area contributed by atoms with Gasteiger partial charge in [0.2, 0.25) is 5.43 Å². The fourth-order valence-electron chi connectivity index (χ4n) is 4.29. The lowest BCUT2D eigenvalue weighted by molar-refractivity contribution is 0.0695. The van der Waals surface area contributed by atoms with Gasteiger partial charge in [0.05, 0.1) is 11.1 Å². The Kier molecular flexibility index (Phi) is 5.27. The van der Waals surface area contributed by atoms with E-state index in [0.717, 1.165) is 40.9 Å². The molecule has 0 bridgehead atoms. The maximum absolute atomic E-state index is 15.1. The van der Waals surface area contributed by atoms with Gasteiger partial charge in [-0.1, -0.05) is 6.07 Å². The quantitative estimate of drug-likeness (QED) is 0.491. The largest absolute Gasteiger partial charge is 0.477 e. The Hall–Kier alpha value is -4.21. The number of hydrogen-bond acceptors (Lipinski definition) is 5. The second-order valence-electron chi connectivity index (χ2n) is 8.03. The summed E-state index contributed by atoms with van der Waals surface area (Å²) < 4.78 is 44.3. The standard InChI is InChI=1S/C24H17F3N4O3/c25-15-3-4-20(18(26)8-15)31-12-17(24(33)34)21(32)16-9-19(27)23(29-22(16)31)30-7-5-14(11-30)13-2-1-6-28-10-13/h1-4,6,8-10,12,14H,5,7,11H2,(H,33,34). The minimum atomic E-state index is -1.56. The zero-order valence-corrected chi connectivity index (χ0v) is 17.6. The van der Waals surface area contributed by atoms with Gasteiger partial charge in [-0.15, -0.1) is 0 Å². The van der Waals surface area contributed by atoms with Crippen molar-refractivity contribution in [2.24, 2.45) is 0 Å². The molecule has 4 heterocycles. The molecule has 1 aromatic carbocycles. The van der Waals surface area contributed by atoms with Crippen LogP contribution in [0.2, 0.25) is 0 Å². The molecule has 0 spiro atoms.